The molecule has 0 bridgehead atoms. The number of nitrogens with zero attached hydrogens (tertiary/aromatic N) is 1. The van der Waals surface area contributed by atoms with E-state index in [9.17, 15) is 14.0 Å². The van der Waals surface area contributed by atoms with Crippen LogP contribution in [0, 0.1) is 5.82 Å². The Morgan fingerprint density at radius 2 is 1.65 bits per heavy atom. The third-order valence-corrected chi connectivity index (χ3v) is 3.99. The highest BCUT2D eigenvalue weighted by atomic mass is 35.5. The predicted molar refractivity (Wildman–Crippen MR) is 73.8 cm³/mol. The molecule has 1 aromatic carbocycles. The summed E-state index contributed by atoms with van der Waals surface area (Å²) in [4.78, 5) is 25.7. The first-order valence-electron chi connectivity index (χ1n) is 6.36. The Bertz CT molecular complexity index is 641. The molecule has 1 aliphatic heterocycles. The summed E-state index contributed by atoms with van der Waals surface area (Å²) in [6.07, 6.45) is 2.99. The van der Waals surface area contributed by atoms with E-state index in [0.29, 0.717) is 24.0 Å². The lowest BCUT2D eigenvalue weighted by Crippen LogP contribution is -2.32. The van der Waals surface area contributed by atoms with E-state index in [1.807, 2.05) is 0 Å². The first-order valence-corrected chi connectivity index (χ1v) is 6.74. The van der Waals surface area contributed by atoms with Crippen molar-refractivity contribution in [2.75, 3.05) is 10.6 Å². The van der Waals surface area contributed by atoms with Gasteiger partial charge >= 0.3 is 0 Å². The van der Waals surface area contributed by atoms with E-state index >= 15 is 0 Å². The van der Waals surface area contributed by atoms with Crippen molar-refractivity contribution in [2.45, 2.75) is 25.7 Å². The van der Waals surface area contributed by atoms with Crippen molar-refractivity contribution in [3.63, 3.8) is 0 Å². The minimum absolute atomic E-state index is 0.0217. The summed E-state index contributed by atoms with van der Waals surface area (Å²) in [5, 5.41) is -0.167. The molecule has 20 heavy (non-hydrogen) atoms. The fourth-order valence-corrected chi connectivity index (χ4v) is 2.86. The van der Waals surface area contributed by atoms with Crippen LogP contribution < -0.4 is 10.6 Å². The van der Waals surface area contributed by atoms with E-state index in [0.717, 1.165) is 23.8 Å². The number of imide groups is 1. The summed E-state index contributed by atoms with van der Waals surface area (Å²) in [5.74, 6) is -1.40. The van der Waals surface area contributed by atoms with E-state index in [-0.39, 0.29) is 28.2 Å². The average molecular weight is 295 g/mol. The van der Waals surface area contributed by atoms with E-state index in [4.69, 9.17) is 17.3 Å². The Morgan fingerprint density at radius 1 is 1.10 bits per heavy atom. The van der Waals surface area contributed by atoms with Crippen LogP contribution in [0.25, 0.3) is 0 Å². The van der Waals surface area contributed by atoms with Gasteiger partial charge in [-0.2, -0.15) is 0 Å². The van der Waals surface area contributed by atoms with Crippen molar-refractivity contribution in [1.29, 1.82) is 0 Å². The van der Waals surface area contributed by atoms with Crippen molar-refractivity contribution in [3.05, 3.63) is 34.1 Å². The highest BCUT2D eigenvalue weighted by molar-refractivity contribution is 6.35. The zero-order chi connectivity index (χ0) is 14.4. The van der Waals surface area contributed by atoms with Gasteiger partial charge in [-0.3, -0.25) is 9.59 Å². The Labute approximate surface area is 120 Å². The molecule has 0 radical (unpaired) electrons. The van der Waals surface area contributed by atoms with Crippen molar-refractivity contribution in [2.24, 2.45) is 0 Å². The molecular weight excluding hydrogens is 283 g/mol. The molecule has 0 spiro atoms. The second kappa shape index (κ2) is 4.59. The number of amides is 2. The molecule has 6 heteroatoms. The van der Waals surface area contributed by atoms with Gasteiger partial charge in [-0.1, -0.05) is 11.6 Å². The molecule has 2 aliphatic rings. The minimum Gasteiger partial charge on any atom is -0.397 e. The average Bonchev–Trinajstić information content (AvgIpc) is 2.68. The smallest absolute Gasteiger partial charge is 0.261 e. The molecule has 2 N–H and O–H groups in total. The summed E-state index contributed by atoms with van der Waals surface area (Å²) in [6.45, 7) is 0. The second-order valence-corrected chi connectivity index (χ2v) is 5.34. The van der Waals surface area contributed by atoms with Crippen LogP contribution >= 0.6 is 11.6 Å². The van der Waals surface area contributed by atoms with E-state index in [1.165, 1.54) is 6.07 Å². The first-order chi connectivity index (χ1) is 9.50. The normalized spacial score (nSPS) is 18.8. The maximum absolute atomic E-state index is 13.3. The van der Waals surface area contributed by atoms with Crippen LogP contribution in [0.1, 0.15) is 25.7 Å². The zero-order valence-corrected chi connectivity index (χ0v) is 11.3. The van der Waals surface area contributed by atoms with Gasteiger partial charge in [-0.05, 0) is 31.7 Å². The largest absolute Gasteiger partial charge is 0.397 e. The topological polar surface area (TPSA) is 63.4 Å². The van der Waals surface area contributed by atoms with Gasteiger partial charge in [-0.15, -0.1) is 0 Å². The molecule has 0 saturated heterocycles. The summed E-state index contributed by atoms with van der Waals surface area (Å²) in [6, 6.07) is 2.25. The van der Waals surface area contributed by atoms with Crippen molar-refractivity contribution >= 4 is 34.8 Å². The lowest BCUT2D eigenvalue weighted by Gasteiger charge is -2.17. The van der Waals surface area contributed by atoms with Crippen molar-refractivity contribution < 1.29 is 14.0 Å². The maximum atomic E-state index is 13.3. The number of hydrogen-bond donors (Lipinski definition) is 1. The zero-order valence-electron chi connectivity index (χ0n) is 10.6. The first kappa shape index (κ1) is 13.1. The van der Waals surface area contributed by atoms with Crippen LogP contribution in [0.2, 0.25) is 5.02 Å². The molecule has 0 atom stereocenters. The highest BCUT2D eigenvalue weighted by Gasteiger charge is 2.40. The molecule has 0 fully saturated rings. The number of anilines is 2. The Balaban J connectivity index is 2.07. The predicted octanol–water partition coefficient (Wildman–Crippen LogP) is 2.81. The van der Waals surface area contributed by atoms with E-state index in [1.54, 1.807) is 0 Å². The maximum Gasteiger partial charge on any atom is 0.261 e. The van der Waals surface area contributed by atoms with Crippen molar-refractivity contribution in [3.8, 4) is 0 Å². The van der Waals surface area contributed by atoms with Gasteiger partial charge in [0.2, 0.25) is 0 Å². The number of hydrogen-bond acceptors (Lipinski definition) is 3. The van der Waals surface area contributed by atoms with Gasteiger partial charge < -0.3 is 5.73 Å². The van der Waals surface area contributed by atoms with Gasteiger partial charge in [0.1, 0.15) is 5.82 Å². The van der Waals surface area contributed by atoms with Gasteiger partial charge in [0, 0.05) is 17.2 Å². The molecule has 1 aliphatic carbocycles. The number of nitrogen functional groups attached to an aromatic ring is 1. The number of rotatable bonds is 1. The van der Waals surface area contributed by atoms with Crippen LogP contribution in [0.15, 0.2) is 23.3 Å². The molecule has 2 amide bonds. The molecule has 0 aromatic heterocycles. The Morgan fingerprint density at radius 3 is 2.20 bits per heavy atom. The summed E-state index contributed by atoms with van der Waals surface area (Å²) in [5.41, 5.74) is 7.01. The third-order valence-electron chi connectivity index (χ3n) is 3.70. The second-order valence-electron chi connectivity index (χ2n) is 4.94. The minimum atomic E-state index is -0.676. The lowest BCUT2D eigenvalue weighted by atomic mass is 9.93. The molecule has 0 unspecified atom stereocenters. The number of halogens is 2. The third kappa shape index (κ3) is 1.81. The fourth-order valence-electron chi connectivity index (χ4n) is 2.70. The molecular formula is C14H12ClFN2O2. The van der Waals surface area contributed by atoms with Gasteiger partial charge in [-0.25, -0.2) is 9.29 Å². The van der Waals surface area contributed by atoms with Crippen LogP contribution in [0.5, 0.6) is 0 Å². The Kier molecular flexibility index (Phi) is 3.01. The summed E-state index contributed by atoms with van der Waals surface area (Å²) >= 11 is 5.72. The number of carbonyl (C=O) groups is 2. The van der Waals surface area contributed by atoms with Gasteiger partial charge in [0.25, 0.3) is 11.8 Å². The van der Waals surface area contributed by atoms with Crippen LogP contribution in [0.3, 0.4) is 0 Å². The number of carbonyl (C=O) groups excluding carboxylic acids is 2. The van der Waals surface area contributed by atoms with E-state index in [2.05, 4.69) is 0 Å². The van der Waals surface area contributed by atoms with Crippen LogP contribution in [-0.4, -0.2) is 11.8 Å². The highest BCUT2D eigenvalue weighted by Crippen LogP contribution is 2.38. The standard InChI is InChI=1S/C14H12ClFN2O2/c15-9-5-12(11(17)6-10(9)16)18-13(19)7-3-1-2-4-8(7)14(18)20/h5-6H,1-4,17H2. The van der Waals surface area contributed by atoms with Gasteiger partial charge in [0.05, 0.1) is 16.4 Å². The van der Waals surface area contributed by atoms with Gasteiger partial charge in [0.15, 0.2) is 0 Å². The summed E-state index contributed by atoms with van der Waals surface area (Å²) < 4.78 is 13.3. The quantitative estimate of drug-likeness (QED) is 0.640. The fraction of sp³-hybridized carbons (Fsp3) is 0.286. The summed E-state index contributed by atoms with van der Waals surface area (Å²) in [7, 11) is 0. The Hall–Kier alpha value is -1.88. The monoisotopic (exact) mass is 294 g/mol. The molecule has 104 valence electrons. The van der Waals surface area contributed by atoms with E-state index < -0.39 is 5.82 Å². The number of benzene rings is 1. The lowest BCUT2D eigenvalue weighted by molar-refractivity contribution is -0.120. The van der Waals surface area contributed by atoms with Crippen LogP contribution in [-0.2, 0) is 9.59 Å². The SMILES string of the molecule is Nc1cc(F)c(Cl)cc1N1C(=O)C2=C(CCCC2)C1=O. The molecule has 1 heterocycles. The molecule has 1 aromatic rings. The van der Waals surface area contributed by atoms with Crippen molar-refractivity contribution in [1.82, 2.24) is 0 Å². The molecule has 0 saturated carbocycles. The number of nitrogens with two attached hydrogens (primary N) is 1. The van der Waals surface area contributed by atoms with Crippen LogP contribution in [0.4, 0.5) is 15.8 Å². The molecule has 3 rings (SSSR count). The molecule has 4 nitrogen and oxygen atoms in total.